The fourth-order valence-corrected chi connectivity index (χ4v) is 4.75. The van der Waals surface area contributed by atoms with Crippen LogP contribution in [0.4, 0.5) is 5.69 Å². The highest BCUT2D eigenvalue weighted by atomic mass is 32.2. The fourth-order valence-electron chi connectivity index (χ4n) is 3.20. The number of aromatic nitrogens is 3. The maximum Gasteiger partial charge on any atom is 0.238 e. The van der Waals surface area contributed by atoms with Gasteiger partial charge in [0, 0.05) is 5.69 Å². The first-order valence-electron chi connectivity index (χ1n) is 9.88. The fraction of sp³-hybridized carbons (Fsp3) is 0.136. The van der Waals surface area contributed by atoms with E-state index in [9.17, 15) is 13.2 Å². The van der Waals surface area contributed by atoms with Gasteiger partial charge in [-0.3, -0.25) is 9.36 Å². The normalized spacial score (nSPS) is 11.5. The van der Waals surface area contributed by atoms with Gasteiger partial charge in [0.1, 0.15) is 0 Å². The Bertz CT molecular complexity index is 1370. The summed E-state index contributed by atoms with van der Waals surface area (Å²) in [6.07, 6.45) is 1.56. The van der Waals surface area contributed by atoms with Crippen molar-refractivity contribution >= 4 is 33.4 Å². The lowest BCUT2D eigenvalue weighted by Crippen LogP contribution is -2.17. The monoisotopic (exact) mass is 483 g/mol. The van der Waals surface area contributed by atoms with Gasteiger partial charge < -0.3 is 9.73 Å². The van der Waals surface area contributed by atoms with Gasteiger partial charge in [-0.2, -0.15) is 0 Å². The van der Waals surface area contributed by atoms with Crippen molar-refractivity contribution in [2.45, 2.75) is 23.5 Å². The molecule has 1 amide bonds. The Morgan fingerprint density at radius 3 is 2.61 bits per heavy atom. The number of anilines is 1. The summed E-state index contributed by atoms with van der Waals surface area (Å²) in [4.78, 5) is 12.5. The molecular formula is C22H21N5O4S2. The van der Waals surface area contributed by atoms with Gasteiger partial charge in [-0.1, -0.05) is 48.2 Å². The van der Waals surface area contributed by atoms with Crippen LogP contribution in [0.15, 0.2) is 81.4 Å². The van der Waals surface area contributed by atoms with E-state index in [-0.39, 0.29) is 16.6 Å². The summed E-state index contributed by atoms with van der Waals surface area (Å²) in [6.45, 7) is 2.14. The van der Waals surface area contributed by atoms with Crippen molar-refractivity contribution in [1.82, 2.24) is 14.8 Å². The van der Waals surface area contributed by atoms with Crippen LogP contribution in [0.3, 0.4) is 0 Å². The molecule has 0 bridgehead atoms. The molecule has 2 heterocycles. The molecule has 0 aliphatic heterocycles. The Hall–Kier alpha value is -3.41. The number of nitrogens with zero attached hydrogens (tertiary/aromatic N) is 3. The molecule has 0 aliphatic rings. The zero-order valence-electron chi connectivity index (χ0n) is 17.6. The molecule has 3 N–H and O–H groups in total. The molecule has 0 fully saturated rings. The van der Waals surface area contributed by atoms with Gasteiger partial charge in [-0.05, 0) is 42.3 Å². The number of benzene rings is 2. The minimum Gasteiger partial charge on any atom is -0.461 e. The first-order chi connectivity index (χ1) is 15.8. The summed E-state index contributed by atoms with van der Waals surface area (Å²) in [5.41, 5.74) is 1.90. The largest absolute Gasteiger partial charge is 0.461 e. The zero-order valence-corrected chi connectivity index (χ0v) is 19.3. The van der Waals surface area contributed by atoms with Crippen LogP contribution in [0.2, 0.25) is 0 Å². The van der Waals surface area contributed by atoms with E-state index in [1.165, 1.54) is 17.8 Å². The van der Waals surface area contributed by atoms with Gasteiger partial charge in [-0.15, -0.1) is 10.2 Å². The third kappa shape index (κ3) is 5.51. The van der Waals surface area contributed by atoms with E-state index in [1.807, 2.05) is 34.9 Å². The van der Waals surface area contributed by atoms with E-state index in [2.05, 4.69) is 15.5 Å². The minimum atomic E-state index is -3.89. The molecule has 0 spiro atoms. The van der Waals surface area contributed by atoms with Crippen molar-refractivity contribution in [3.05, 3.63) is 78.1 Å². The average Bonchev–Trinajstić information content (AvgIpc) is 3.44. The highest BCUT2D eigenvalue weighted by molar-refractivity contribution is 7.99. The highest BCUT2D eigenvalue weighted by Crippen LogP contribution is 2.26. The number of primary sulfonamides is 1. The molecule has 0 aliphatic carbocycles. The highest BCUT2D eigenvalue weighted by Gasteiger charge is 2.18. The van der Waals surface area contributed by atoms with Crippen molar-refractivity contribution in [3.8, 4) is 11.6 Å². The molecule has 2 aromatic carbocycles. The first kappa shape index (κ1) is 22.8. The number of hydrogen-bond donors (Lipinski definition) is 2. The lowest BCUT2D eigenvalue weighted by Gasteiger charge is -2.10. The number of furan rings is 1. The van der Waals surface area contributed by atoms with Crippen LogP contribution in [-0.2, 0) is 21.4 Å². The average molecular weight is 484 g/mol. The smallest absolute Gasteiger partial charge is 0.238 e. The Balaban J connectivity index is 1.51. The lowest BCUT2D eigenvalue weighted by atomic mass is 10.2. The predicted octanol–water partition coefficient (Wildman–Crippen LogP) is 3.27. The van der Waals surface area contributed by atoms with Gasteiger partial charge in [0.2, 0.25) is 21.8 Å². The number of carbonyl (C=O) groups excluding carboxylic acids is 1. The Morgan fingerprint density at radius 2 is 1.91 bits per heavy atom. The summed E-state index contributed by atoms with van der Waals surface area (Å²) in [5.74, 6) is 0.856. The number of carbonyl (C=O) groups is 1. The maximum absolute atomic E-state index is 12.5. The summed E-state index contributed by atoms with van der Waals surface area (Å²) >= 11 is 1.22. The molecule has 2 aromatic heterocycles. The molecule has 170 valence electrons. The van der Waals surface area contributed by atoms with Crippen LogP contribution in [0.5, 0.6) is 0 Å². The van der Waals surface area contributed by atoms with Crippen LogP contribution in [0, 0.1) is 6.92 Å². The number of sulfonamides is 1. The van der Waals surface area contributed by atoms with E-state index in [1.54, 1.807) is 37.5 Å². The minimum absolute atomic E-state index is 0.0290. The standard InChI is InChI=1S/C22H21N5O4S2/c1-15-9-10-17(12-19(15)33(23,29)30)24-20(28)14-32-22-26-25-21(18-8-5-11-31-18)27(22)13-16-6-3-2-4-7-16/h2-12H,13-14H2,1H3,(H,24,28)(H2,23,29,30). The Labute approximate surface area is 195 Å². The van der Waals surface area contributed by atoms with E-state index in [4.69, 9.17) is 9.56 Å². The summed E-state index contributed by atoms with van der Waals surface area (Å²) in [7, 11) is -3.89. The first-order valence-corrected chi connectivity index (χ1v) is 12.4. The van der Waals surface area contributed by atoms with Crippen molar-refractivity contribution in [2.24, 2.45) is 5.14 Å². The van der Waals surface area contributed by atoms with Crippen LogP contribution in [0.1, 0.15) is 11.1 Å². The quantitative estimate of drug-likeness (QED) is 0.367. The van der Waals surface area contributed by atoms with Gasteiger partial charge in [0.25, 0.3) is 0 Å². The number of nitrogens with two attached hydrogens (primary N) is 1. The van der Waals surface area contributed by atoms with Gasteiger partial charge in [0.15, 0.2) is 10.9 Å². The third-order valence-electron chi connectivity index (χ3n) is 4.75. The van der Waals surface area contributed by atoms with Crippen LogP contribution in [-0.4, -0.2) is 34.8 Å². The second kappa shape index (κ2) is 9.61. The molecule has 0 saturated heterocycles. The van der Waals surface area contributed by atoms with Crippen molar-refractivity contribution in [1.29, 1.82) is 0 Å². The van der Waals surface area contributed by atoms with E-state index >= 15 is 0 Å². The van der Waals surface area contributed by atoms with Gasteiger partial charge in [0.05, 0.1) is 23.5 Å². The molecule has 0 unspecified atom stereocenters. The SMILES string of the molecule is Cc1ccc(NC(=O)CSc2nnc(-c3ccco3)n2Cc2ccccc2)cc1S(N)(=O)=O. The second-order valence-corrected chi connectivity index (χ2v) is 9.69. The number of thioether (sulfide) groups is 1. The molecule has 33 heavy (non-hydrogen) atoms. The Morgan fingerprint density at radius 1 is 1.12 bits per heavy atom. The molecule has 11 heteroatoms. The van der Waals surface area contributed by atoms with Crippen LogP contribution >= 0.6 is 11.8 Å². The Kier molecular flexibility index (Phi) is 6.63. The number of nitrogens with one attached hydrogen (secondary N) is 1. The van der Waals surface area contributed by atoms with Crippen molar-refractivity contribution in [2.75, 3.05) is 11.1 Å². The topological polar surface area (TPSA) is 133 Å². The molecular weight excluding hydrogens is 462 g/mol. The predicted molar refractivity (Wildman–Crippen MR) is 125 cm³/mol. The second-order valence-electron chi connectivity index (χ2n) is 7.22. The van der Waals surface area contributed by atoms with Crippen LogP contribution in [0.25, 0.3) is 11.6 Å². The number of amides is 1. The third-order valence-corrected chi connectivity index (χ3v) is 6.77. The lowest BCUT2D eigenvalue weighted by molar-refractivity contribution is -0.113. The number of hydrogen-bond acceptors (Lipinski definition) is 7. The maximum atomic E-state index is 12.5. The molecule has 0 atom stereocenters. The van der Waals surface area contributed by atoms with Crippen molar-refractivity contribution < 1.29 is 17.6 Å². The van der Waals surface area contributed by atoms with E-state index in [0.717, 1.165) is 5.56 Å². The number of aryl methyl sites for hydroxylation is 1. The van der Waals surface area contributed by atoms with E-state index in [0.29, 0.717) is 34.5 Å². The molecule has 0 radical (unpaired) electrons. The van der Waals surface area contributed by atoms with Crippen molar-refractivity contribution in [3.63, 3.8) is 0 Å². The molecule has 0 saturated carbocycles. The van der Waals surface area contributed by atoms with E-state index < -0.39 is 10.0 Å². The summed E-state index contributed by atoms with van der Waals surface area (Å²) in [5, 5.41) is 17.0. The number of rotatable bonds is 8. The molecule has 4 rings (SSSR count). The molecule has 9 nitrogen and oxygen atoms in total. The van der Waals surface area contributed by atoms with Crippen LogP contribution < -0.4 is 10.5 Å². The van der Waals surface area contributed by atoms with Gasteiger partial charge in [-0.25, -0.2) is 13.6 Å². The zero-order chi connectivity index (χ0) is 23.4. The molecule has 4 aromatic rings. The van der Waals surface area contributed by atoms with Gasteiger partial charge >= 0.3 is 0 Å². The summed E-state index contributed by atoms with van der Waals surface area (Å²) < 4.78 is 30.8. The summed E-state index contributed by atoms with van der Waals surface area (Å²) in [6, 6.07) is 18.0.